The minimum absolute atomic E-state index is 0.201. The molecule has 0 aliphatic carbocycles. The third kappa shape index (κ3) is 3.20. The first-order valence-corrected chi connectivity index (χ1v) is 7.97. The Morgan fingerprint density at radius 3 is 2.75 bits per heavy atom. The molecule has 0 amide bonds. The van der Waals surface area contributed by atoms with Crippen molar-refractivity contribution in [3.05, 3.63) is 11.7 Å². The molecule has 1 fully saturated rings. The Labute approximate surface area is 121 Å². The lowest BCUT2D eigenvalue weighted by atomic mass is 9.96. The molecule has 0 spiro atoms. The number of hydrogen-bond donors (Lipinski definition) is 1. The Hall–Kier alpha value is -0.940. The largest absolute Gasteiger partial charge is 0.367 e. The lowest BCUT2D eigenvalue weighted by molar-refractivity contribution is -0.0583. The van der Waals surface area contributed by atoms with Crippen LogP contribution in [-0.2, 0) is 10.3 Å². The van der Waals surface area contributed by atoms with E-state index in [1.807, 2.05) is 6.92 Å². The van der Waals surface area contributed by atoms with Crippen molar-refractivity contribution in [1.29, 1.82) is 0 Å². The summed E-state index contributed by atoms with van der Waals surface area (Å²) < 4.78 is 11.4. The molecule has 1 aromatic heterocycles. The Morgan fingerprint density at radius 2 is 2.05 bits per heavy atom. The molecular formula is C15H27N3O2. The second-order valence-corrected chi connectivity index (χ2v) is 5.45. The monoisotopic (exact) mass is 281 g/mol. The molecule has 5 nitrogen and oxygen atoms in total. The van der Waals surface area contributed by atoms with Gasteiger partial charge in [-0.1, -0.05) is 31.8 Å². The highest BCUT2D eigenvalue weighted by Crippen LogP contribution is 2.32. The Balaban J connectivity index is 2.17. The van der Waals surface area contributed by atoms with Gasteiger partial charge in [0.2, 0.25) is 11.7 Å². The Bertz CT molecular complexity index is 394. The van der Waals surface area contributed by atoms with E-state index in [0.29, 0.717) is 18.3 Å². The van der Waals surface area contributed by atoms with E-state index >= 15 is 0 Å². The fourth-order valence-electron chi connectivity index (χ4n) is 2.91. The summed E-state index contributed by atoms with van der Waals surface area (Å²) in [7, 11) is 0. The van der Waals surface area contributed by atoms with E-state index in [9.17, 15) is 0 Å². The zero-order chi connectivity index (χ0) is 14.4. The maximum Gasteiger partial charge on any atom is 0.243 e. The summed E-state index contributed by atoms with van der Waals surface area (Å²) in [4.78, 5) is 4.64. The van der Waals surface area contributed by atoms with E-state index in [1.165, 1.54) is 19.3 Å². The van der Waals surface area contributed by atoms with Gasteiger partial charge in [0.15, 0.2) is 0 Å². The number of nitrogens with one attached hydrogen (secondary N) is 1. The average Bonchev–Trinajstić information content (AvgIpc) is 2.81. The van der Waals surface area contributed by atoms with Crippen molar-refractivity contribution in [2.24, 2.45) is 0 Å². The molecule has 1 aromatic rings. The zero-order valence-electron chi connectivity index (χ0n) is 12.9. The van der Waals surface area contributed by atoms with Gasteiger partial charge in [0.1, 0.15) is 5.60 Å². The van der Waals surface area contributed by atoms with Gasteiger partial charge in [-0.15, -0.1) is 0 Å². The van der Waals surface area contributed by atoms with Gasteiger partial charge in [-0.25, -0.2) is 0 Å². The van der Waals surface area contributed by atoms with Gasteiger partial charge < -0.3 is 14.6 Å². The summed E-state index contributed by atoms with van der Waals surface area (Å²) in [6, 6.07) is 0.201. The summed E-state index contributed by atoms with van der Waals surface area (Å²) in [6.07, 6.45) is 6.50. The molecule has 1 aliphatic heterocycles. The molecule has 1 saturated heterocycles. The molecule has 0 aromatic carbocycles. The number of nitrogens with zero attached hydrogens (tertiary/aromatic N) is 2. The standard InChI is InChI=1S/C15H27N3O2/c1-4-15(5-2,19-6-3)14-17-13(20-18-14)12-10-8-7-9-11-16-12/h12,16H,4-11H2,1-3H3. The summed E-state index contributed by atoms with van der Waals surface area (Å²) >= 11 is 0. The Morgan fingerprint density at radius 1 is 1.25 bits per heavy atom. The topological polar surface area (TPSA) is 60.2 Å². The van der Waals surface area contributed by atoms with E-state index in [2.05, 4.69) is 29.3 Å². The van der Waals surface area contributed by atoms with Gasteiger partial charge in [-0.05, 0) is 39.2 Å². The van der Waals surface area contributed by atoms with Gasteiger partial charge in [0.25, 0.3) is 0 Å². The van der Waals surface area contributed by atoms with Gasteiger partial charge >= 0.3 is 0 Å². The van der Waals surface area contributed by atoms with Crippen molar-refractivity contribution in [3.63, 3.8) is 0 Å². The van der Waals surface area contributed by atoms with Crippen LogP contribution in [0.3, 0.4) is 0 Å². The first kappa shape index (κ1) is 15.4. The predicted octanol–water partition coefficient (Wildman–Crippen LogP) is 3.33. The SMILES string of the molecule is CCOC(CC)(CC)c1noc(C2CCCCCN2)n1. The molecule has 0 radical (unpaired) electrons. The molecule has 1 atom stereocenters. The third-order valence-electron chi connectivity index (χ3n) is 4.27. The van der Waals surface area contributed by atoms with Crippen LogP contribution in [0, 0.1) is 0 Å². The van der Waals surface area contributed by atoms with Crippen molar-refractivity contribution in [3.8, 4) is 0 Å². The normalized spacial score (nSPS) is 20.9. The predicted molar refractivity (Wildman–Crippen MR) is 77.4 cm³/mol. The van der Waals surface area contributed by atoms with Crippen LogP contribution in [0.2, 0.25) is 0 Å². The van der Waals surface area contributed by atoms with Crippen LogP contribution in [-0.4, -0.2) is 23.3 Å². The first-order valence-electron chi connectivity index (χ1n) is 7.97. The fraction of sp³-hybridized carbons (Fsp3) is 0.867. The van der Waals surface area contributed by atoms with Crippen LogP contribution in [0.15, 0.2) is 4.52 Å². The average molecular weight is 281 g/mol. The van der Waals surface area contributed by atoms with Gasteiger partial charge in [0, 0.05) is 6.61 Å². The maximum absolute atomic E-state index is 5.93. The van der Waals surface area contributed by atoms with Crippen LogP contribution >= 0.6 is 0 Å². The lowest BCUT2D eigenvalue weighted by Gasteiger charge is -2.27. The molecule has 1 N–H and O–H groups in total. The van der Waals surface area contributed by atoms with Gasteiger partial charge in [-0.3, -0.25) is 0 Å². The maximum atomic E-state index is 5.93. The second kappa shape index (κ2) is 7.18. The van der Waals surface area contributed by atoms with Gasteiger partial charge in [-0.2, -0.15) is 4.98 Å². The fourth-order valence-corrected chi connectivity index (χ4v) is 2.91. The number of ether oxygens (including phenoxy) is 1. The van der Waals surface area contributed by atoms with E-state index in [4.69, 9.17) is 9.26 Å². The van der Waals surface area contributed by atoms with Gasteiger partial charge in [0.05, 0.1) is 6.04 Å². The first-order chi connectivity index (χ1) is 9.75. The summed E-state index contributed by atoms with van der Waals surface area (Å²) in [5.41, 5.74) is -0.402. The van der Waals surface area contributed by atoms with E-state index < -0.39 is 5.60 Å². The minimum Gasteiger partial charge on any atom is -0.367 e. The van der Waals surface area contributed by atoms with Crippen LogP contribution < -0.4 is 5.32 Å². The van der Waals surface area contributed by atoms with Crippen LogP contribution in [0.4, 0.5) is 0 Å². The lowest BCUT2D eigenvalue weighted by Crippen LogP contribution is -2.30. The summed E-state index contributed by atoms with van der Waals surface area (Å²) in [5.74, 6) is 1.42. The zero-order valence-corrected chi connectivity index (χ0v) is 12.9. The Kier molecular flexibility index (Phi) is 5.54. The van der Waals surface area contributed by atoms with Crippen LogP contribution in [0.1, 0.15) is 77.1 Å². The molecule has 5 heteroatoms. The molecule has 1 unspecified atom stereocenters. The van der Waals surface area contributed by atoms with Crippen LogP contribution in [0.25, 0.3) is 0 Å². The van der Waals surface area contributed by atoms with Crippen molar-refractivity contribution in [2.45, 2.75) is 70.9 Å². The van der Waals surface area contributed by atoms with Crippen molar-refractivity contribution >= 4 is 0 Å². The van der Waals surface area contributed by atoms with E-state index in [0.717, 1.165) is 25.8 Å². The number of aromatic nitrogens is 2. The van der Waals surface area contributed by atoms with E-state index in [1.54, 1.807) is 0 Å². The number of hydrogen-bond acceptors (Lipinski definition) is 5. The number of rotatable bonds is 6. The molecule has 2 heterocycles. The quantitative estimate of drug-likeness (QED) is 0.866. The highest BCUT2D eigenvalue weighted by Gasteiger charge is 2.35. The highest BCUT2D eigenvalue weighted by atomic mass is 16.5. The molecule has 20 heavy (non-hydrogen) atoms. The van der Waals surface area contributed by atoms with Crippen molar-refractivity contribution in [2.75, 3.05) is 13.2 Å². The minimum atomic E-state index is -0.402. The third-order valence-corrected chi connectivity index (χ3v) is 4.27. The molecule has 2 rings (SSSR count). The molecule has 114 valence electrons. The highest BCUT2D eigenvalue weighted by molar-refractivity contribution is 5.03. The smallest absolute Gasteiger partial charge is 0.243 e. The molecule has 1 aliphatic rings. The van der Waals surface area contributed by atoms with Crippen molar-refractivity contribution < 1.29 is 9.26 Å². The molecule has 0 saturated carbocycles. The van der Waals surface area contributed by atoms with Crippen LogP contribution in [0.5, 0.6) is 0 Å². The summed E-state index contributed by atoms with van der Waals surface area (Å²) in [5, 5.41) is 7.70. The summed E-state index contributed by atoms with van der Waals surface area (Å²) in [6.45, 7) is 7.92. The van der Waals surface area contributed by atoms with E-state index in [-0.39, 0.29) is 6.04 Å². The second-order valence-electron chi connectivity index (χ2n) is 5.45. The molecule has 0 bridgehead atoms. The van der Waals surface area contributed by atoms with Crippen molar-refractivity contribution in [1.82, 2.24) is 15.5 Å². The molecular weight excluding hydrogens is 254 g/mol.